The zero-order chi connectivity index (χ0) is 29.7. The van der Waals surface area contributed by atoms with E-state index in [0.717, 1.165) is 17.7 Å². The molecule has 0 saturated heterocycles. The van der Waals surface area contributed by atoms with Crippen LogP contribution in [0.25, 0.3) is 10.9 Å². The third-order valence-corrected chi connectivity index (χ3v) is 6.53. The van der Waals surface area contributed by atoms with Gasteiger partial charge in [-0.25, -0.2) is 4.79 Å². The molecule has 10 heteroatoms. The summed E-state index contributed by atoms with van der Waals surface area (Å²) in [7, 11) is 0. The van der Waals surface area contributed by atoms with Gasteiger partial charge in [0.15, 0.2) is 5.75 Å². The summed E-state index contributed by atoms with van der Waals surface area (Å²) < 4.78 is 49.9. The van der Waals surface area contributed by atoms with Crippen molar-refractivity contribution in [2.24, 2.45) is 0 Å². The number of H-pyrrole nitrogens is 1. The number of halogens is 3. The Morgan fingerprint density at radius 2 is 1.56 bits per heavy atom. The molecule has 1 aromatic heterocycles. The van der Waals surface area contributed by atoms with Crippen molar-refractivity contribution in [3.63, 3.8) is 0 Å². The van der Waals surface area contributed by atoms with Crippen LogP contribution < -0.4 is 14.8 Å². The summed E-state index contributed by atoms with van der Waals surface area (Å²) in [4.78, 5) is 30.1. The number of hydrogen-bond acceptors (Lipinski definition) is 5. The lowest BCUT2D eigenvalue weighted by Gasteiger charge is -2.30. The molecule has 41 heavy (non-hydrogen) atoms. The first-order chi connectivity index (χ1) is 19.4. The van der Waals surface area contributed by atoms with Gasteiger partial charge < -0.3 is 19.8 Å². The number of hydrogen-bond donors (Lipinski definition) is 2. The van der Waals surface area contributed by atoms with E-state index in [1.807, 2.05) is 42.5 Å². The third kappa shape index (κ3) is 7.46. The van der Waals surface area contributed by atoms with Crippen LogP contribution in [0.2, 0.25) is 0 Å². The normalized spacial score (nSPS) is 11.9. The minimum absolute atomic E-state index is 0.0936. The fraction of sp³-hybridized carbons (Fsp3) is 0.290. The second kappa shape index (κ2) is 12.5. The van der Waals surface area contributed by atoms with Crippen molar-refractivity contribution in [1.82, 2.24) is 9.88 Å². The van der Waals surface area contributed by atoms with Gasteiger partial charge in [-0.1, -0.05) is 42.5 Å². The fourth-order valence-electron chi connectivity index (χ4n) is 4.45. The second-order valence-electron chi connectivity index (χ2n) is 10.2. The minimum Gasteiger partial charge on any atom is -0.489 e. The molecule has 0 aliphatic heterocycles. The number of fused-ring (bicyclic) bond motifs is 1. The van der Waals surface area contributed by atoms with Gasteiger partial charge in [0.2, 0.25) is 0 Å². The van der Waals surface area contributed by atoms with Gasteiger partial charge in [-0.3, -0.25) is 9.69 Å². The molecule has 0 radical (unpaired) electrons. The van der Waals surface area contributed by atoms with Crippen molar-refractivity contribution < 1.29 is 32.2 Å². The summed E-state index contributed by atoms with van der Waals surface area (Å²) in [6.45, 7) is 9.42. The average Bonchev–Trinajstić information content (AvgIpc) is 3.28. The standard InChI is InChI=1S/C31H32F3N3O4/c1-19(2)37(20(3)4)17-21-10-12-23(13-11-21)35-29(38)27-28(41-30(39)31(32,33)34)25-16-24(14-15-26(25)36-27)40-18-22-8-6-5-7-9-22/h5-16,19-20,36H,17-18H2,1-4H3,(H,35,38). The molecule has 0 aliphatic rings. The van der Waals surface area contributed by atoms with Crippen LogP contribution in [0.1, 0.15) is 49.3 Å². The lowest BCUT2D eigenvalue weighted by Crippen LogP contribution is -2.36. The highest BCUT2D eigenvalue weighted by Crippen LogP contribution is 2.35. The van der Waals surface area contributed by atoms with E-state index < -0.39 is 23.8 Å². The smallest absolute Gasteiger partial charge is 0.489 e. The number of esters is 1. The molecule has 4 rings (SSSR count). The van der Waals surface area contributed by atoms with Crippen LogP contribution in [0, 0.1) is 0 Å². The van der Waals surface area contributed by atoms with Crippen LogP contribution in [-0.4, -0.2) is 40.0 Å². The van der Waals surface area contributed by atoms with Gasteiger partial charge in [-0.15, -0.1) is 0 Å². The number of ether oxygens (including phenoxy) is 2. The van der Waals surface area contributed by atoms with Gasteiger partial charge in [-0.2, -0.15) is 13.2 Å². The minimum atomic E-state index is -5.26. The number of nitrogens with zero attached hydrogens (tertiary/aromatic N) is 1. The van der Waals surface area contributed by atoms with Crippen molar-refractivity contribution in [2.75, 3.05) is 5.32 Å². The van der Waals surface area contributed by atoms with Gasteiger partial charge in [0.1, 0.15) is 18.1 Å². The Balaban J connectivity index is 1.59. The van der Waals surface area contributed by atoms with E-state index in [1.165, 1.54) is 6.07 Å². The van der Waals surface area contributed by atoms with E-state index in [9.17, 15) is 22.8 Å². The number of aromatic amines is 1. The highest BCUT2D eigenvalue weighted by molar-refractivity contribution is 6.10. The largest absolute Gasteiger partial charge is 0.491 e. The monoisotopic (exact) mass is 567 g/mol. The number of carbonyl (C=O) groups is 2. The Kier molecular flexibility index (Phi) is 9.02. The van der Waals surface area contributed by atoms with Crippen LogP contribution >= 0.6 is 0 Å². The molecule has 7 nitrogen and oxygen atoms in total. The first-order valence-electron chi connectivity index (χ1n) is 13.2. The number of carbonyl (C=O) groups excluding carboxylic acids is 2. The summed E-state index contributed by atoms with van der Waals surface area (Å²) in [5.74, 6) is -3.42. The van der Waals surface area contributed by atoms with Crippen molar-refractivity contribution >= 4 is 28.5 Å². The molecule has 0 saturated carbocycles. The Morgan fingerprint density at radius 1 is 0.902 bits per heavy atom. The summed E-state index contributed by atoms with van der Waals surface area (Å²) in [5, 5.41) is 2.76. The number of amides is 1. The molecular formula is C31H32F3N3O4. The van der Waals surface area contributed by atoms with Gasteiger partial charge in [0.25, 0.3) is 5.91 Å². The molecule has 1 amide bonds. The van der Waals surface area contributed by atoms with Crippen molar-refractivity contribution in [2.45, 2.75) is 59.1 Å². The predicted octanol–water partition coefficient (Wildman–Crippen LogP) is 7.09. The molecule has 0 spiro atoms. The molecule has 3 aromatic carbocycles. The van der Waals surface area contributed by atoms with Crippen molar-refractivity contribution in [3.8, 4) is 11.5 Å². The maximum absolute atomic E-state index is 13.2. The molecule has 0 bridgehead atoms. The summed E-state index contributed by atoms with van der Waals surface area (Å²) in [6.07, 6.45) is -5.26. The molecule has 216 valence electrons. The summed E-state index contributed by atoms with van der Waals surface area (Å²) >= 11 is 0. The maximum Gasteiger partial charge on any atom is 0.491 e. The number of alkyl halides is 3. The van der Waals surface area contributed by atoms with E-state index in [4.69, 9.17) is 9.47 Å². The third-order valence-electron chi connectivity index (χ3n) is 6.53. The average molecular weight is 568 g/mol. The zero-order valence-electron chi connectivity index (χ0n) is 23.2. The lowest BCUT2D eigenvalue weighted by atomic mass is 10.1. The molecule has 2 N–H and O–H groups in total. The maximum atomic E-state index is 13.2. The Hall–Kier alpha value is -4.31. The highest BCUT2D eigenvalue weighted by atomic mass is 19.4. The second-order valence-corrected chi connectivity index (χ2v) is 10.2. The highest BCUT2D eigenvalue weighted by Gasteiger charge is 2.42. The van der Waals surface area contributed by atoms with E-state index in [1.54, 1.807) is 24.3 Å². The number of benzene rings is 3. The number of rotatable bonds is 10. The van der Waals surface area contributed by atoms with Gasteiger partial charge in [0.05, 0.1) is 5.52 Å². The first kappa shape index (κ1) is 29.7. The Morgan fingerprint density at radius 3 is 2.17 bits per heavy atom. The molecule has 4 aromatic rings. The van der Waals surface area contributed by atoms with Crippen LogP contribution in [0.3, 0.4) is 0 Å². The van der Waals surface area contributed by atoms with Gasteiger partial charge >= 0.3 is 12.1 Å². The molecule has 0 fully saturated rings. The van der Waals surface area contributed by atoms with Crippen LogP contribution in [0.5, 0.6) is 11.5 Å². The van der Waals surface area contributed by atoms with Crippen LogP contribution in [0.4, 0.5) is 18.9 Å². The Bertz CT molecular complexity index is 1490. The van der Waals surface area contributed by atoms with E-state index in [2.05, 4.69) is 42.9 Å². The quantitative estimate of drug-likeness (QED) is 0.200. The van der Waals surface area contributed by atoms with Crippen molar-refractivity contribution in [1.29, 1.82) is 0 Å². The summed E-state index contributed by atoms with van der Waals surface area (Å²) in [6, 6.07) is 21.7. The number of aromatic nitrogens is 1. The van der Waals surface area contributed by atoms with E-state index in [-0.39, 0.29) is 17.7 Å². The summed E-state index contributed by atoms with van der Waals surface area (Å²) in [5.41, 5.74) is 2.33. The zero-order valence-corrected chi connectivity index (χ0v) is 23.2. The molecular weight excluding hydrogens is 535 g/mol. The molecule has 0 aliphatic carbocycles. The van der Waals surface area contributed by atoms with Crippen LogP contribution in [0.15, 0.2) is 72.8 Å². The SMILES string of the molecule is CC(C)N(Cc1ccc(NC(=O)c2[nH]c3ccc(OCc4ccccc4)cc3c2OC(=O)C(F)(F)F)cc1)C(C)C. The number of nitrogens with one attached hydrogen (secondary N) is 2. The lowest BCUT2D eigenvalue weighted by molar-refractivity contribution is -0.189. The number of anilines is 1. The van der Waals surface area contributed by atoms with Gasteiger partial charge in [-0.05, 0) is 69.2 Å². The molecule has 0 atom stereocenters. The van der Waals surface area contributed by atoms with Crippen LogP contribution in [-0.2, 0) is 17.9 Å². The predicted molar refractivity (Wildman–Crippen MR) is 151 cm³/mol. The molecule has 0 unspecified atom stereocenters. The molecule has 1 heterocycles. The van der Waals surface area contributed by atoms with E-state index in [0.29, 0.717) is 29.0 Å². The Labute approximate surface area is 236 Å². The fourth-order valence-corrected chi connectivity index (χ4v) is 4.45. The first-order valence-corrected chi connectivity index (χ1v) is 13.2. The van der Waals surface area contributed by atoms with Gasteiger partial charge in [0, 0.05) is 29.7 Å². The van der Waals surface area contributed by atoms with E-state index >= 15 is 0 Å². The van der Waals surface area contributed by atoms with Crippen molar-refractivity contribution in [3.05, 3.63) is 89.6 Å². The topological polar surface area (TPSA) is 83.7 Å².